The Morgan fingerprint density at radius 2 is 1.25 bits per heavy atom. The number of Topliss-reactive ketones (excluding diaryl/α,β-unsaturated/α-hetero) is 2. The van der Waals surface area contributed by atoms with E-state index >= 15 is 0 Å². The van der Waals surface area contributed by atoms with E-state index in [4.69, 9.17) is 17.2 Å². The van der Waals surface area contributed by atoms with Crippen molar-refractivity contribution in [3.8, 4) is 0 Å². The summed E-state index contributed by atoms with van der Waals surface area (Å²) in [5, 5.41) is 18.4. The fourth-order valence-corrected chi connectivity index (χ4v) is 2.26. The molecule has 9 nitrogen and oxygen atoms in total. The molecule has 138 valence electrons. The number of carboxylic acid groups (broad SMARTS) is 2. The largest absolute Gasteiger partial charge is 0.480 e. The Balaban J connectivity index is 5.18. The van der Waals surface area contributed by atoms with E-state index < -0.39 is 52.5 Å². The molecule has 0 heterocycles. The first-order valence-electron chi connectivity index (χ1n) is 7.61. The third kappa shape index (κ3) is 3.97. The molecule has 0 saturated carbocycles. The van der Waals surface area contributed by atoms with E-state index in [2.05, 4.69) is 0 Å². The number of ketones is 2. The van der Waals surface area contributed by atoms with Crippen LogP contribution in [0, 0.1) is 11.8 Å². The summed E-state index contributed by atoms with van der Waals surface area (Å²) in [6, 6.07) is -1.32. The summed E-state index contributed by atoms with van der Waals surface area (Å²) in [5.74, 6) is -6.06. The molecular formula is C15H27N3O6. The van der Waals surface area contributed by atoms with Gasteiger partial charge in [0.15, 0.2) is 22.6 Å². The molecule has 0 aromatic carbocycles. The Kier molecular flexibility index (Phi) is 7.22. The number of rotatable bonds is 10. The monoisotopic (exact) mass is 345 g/mol. The average Bonchev–Trinajstić information content (AvgIpc) is 2.48. The second-order valence-corrected chi connectivity index (χ2v) is 6.59. The molecule has 0 fully saturated rings. The third-order valence-electron chi connectivity index (χ3n) is 4.42. The van der Waals surface area contributed by atoms with Crippen molar-refractivity contribution in [3.05, 3.63) is 0 Å². The molecule has 0 amide bonds. The van der Waals surface area contributed by atoms with Gasteiger partial charge in [0.05, 0.1) is 6.04 Å². The van der Waals surface area contributed by atoms with Gasteiger partial charge in [0.25, 0.3) is 0 Å². The van der Waals surface area contributed by atoms with Crippen molar-refractivity contribution in [1.29, 1.82) is 0 Å². The van der Waals surface area contributed by atoms with Crippen LogP contribution in [-0.4, -0.2) is 50.8 Å². The summed E-state index contributed by atoms with van der Waals surface area (Å²) in [6.45, 7) is 5.92. The quantitative estimate of drug-likeness (QED) is 0.313. The molecule has 0 rings (SSSR count). The first-order chi connectivity index (χ1) is 10.7. The van der Waals surface area contributed by atoms with Crippen LogP contribution in [0.2, 0.25) is 0 Å². The zero-order chi connectivity index (χ0) is 19.5. The summed E-state index contributed by atoms with van der Waals surface area (Å²) in [4.78, 5) is 47.1. The summed E-state index contributed by atoms with van der Waals surface area (Å²) in [6.07, 6.45) is -0.614. The zero-order valence-corrected chi connectivity index (χ0v) is 14.4. The molecule has 24 heavy (non-hydrogen) atoms. The Morgan fingerprint density at radius 1 is 0.875 bits per heavy atom. The normalized spacial score (nSPS) is 17.9. The second kappa shape index (κ2) is 7.82. The van der Waals surface area contributed by atoms with Crippen LogP contribution in [0.15, 0.2) is 0 Å². The predicted molar refractivity (Wildman–Crippen MR) is 86.0 cm³/mol. The van der Waals surface area contributed by atoms with Crippen LogP contribution >= 0.6 is 0 Å². The molecule has 0 aliphatic heterocycles. The second-order valence-electron chi connectivity index (χ2n) is 6.59. The Labute approximate surface area is 140 Å². The SMILES string of the molecule is CC(C)C(N)(C(=O)O)C(=O)CCC(N)C(=O)C(N)(C(=O)O)C(C)C. The molecule has 0 spiro atoms. The summed E-state index contributed by atoms with van der Waals surface area (Å²) >= 11 is 0. The molecule has 3 unspecified atom stereocenters. The van der Waals surface area contributed by atoms with E-state index in [1.165, 1.54) is 27.7 Å². The minimum absolute atomic E-state index is 0.241. The number of nitrogens with two attached hydrogens (primary N) is 3. The molecule has 0 aliphatic carbocycles. The van der Waals surface area contributed by atoms with Gasteiger partial charge in [0, 0.05) is 6.42 Å². The van der Waals surface area contributed by atoms with E-state index in [9.17, 15) is 29.4 Å². The number of aliphatic carboxylic acids is 2. The van der Waals surface area contributed by atoms with Crippen molar-refractivity contribution >= 4 is 23.5 Å². The minimum atomic E-state index is -2.17. The van der Waals surface area contributed by atoms with Gasteiger partial charge in [-0.25, -0.2) is 9.59 Å². The zero-order valence-electron chi connectivity index (χ0n) is 14.4. The number of carbonyl (C=O) groups is 4. The topological polar surface area (TPSA) is 187 Å². The number of hydrogen-bond acceptors (Lipinski definition) is 7. The molecule has 0 bridgehead atoms. The Morgan fingerprint density at radius 3 is 1.54 bits per heavy atom. The first-order valence-corrected chi connectivity index (χ1v) is 7.61. The highest BCUT2D eigenvalue weighted by Gasteiger charge is 2.48. The van der Waals surface area contributed by atoms with Gasteiger partial charge in [-0.2, -0.15) is 0 Å². The van der Waals surface area contributed by atoms with E-state index in [1.807, 2.05) is 0 Å². The van der Waals surface area contributed by atoms with Crippen LogP contribution in [0.3, 0.4) is 0 Å². The molecule has 0 aromatic heterocycles. The Bertz CT molecular complexity index is 533. The van der Waals surface area contributed by atoms with Gasteiger partial charge < -0.3 is 27.4 Å². The van der Waals surface area contributed by atoms with E-state index in [1.54, 1.807) is 0 Å². The maximum absolute atomic E-state index is 12.3. The van der Waals surface area contributed by atoms with E-state index in [0.29, 0.717) is 0 Å². The van der Waals surface area contributed by atoms with Crippen LogP contribution in [0.5, 0.6) is 0 Å². The van der Waals surface area contributed by atoms with Crippen molar-refractivity contribution in [2.45, 2.75) is 57.7 Å². The van der Waals surface area contributed by atoms with Crippen LogP contribution in [0.25, 0.3) is 0 Å². The van der Waals surface area contributed by atoms with Crippen molar-refractivity contribution in [3.63, 3.8) is 0 Å². The van der Waals surface area contributed by atoms with Gasteiger partial charge in [-0.1, -0.05) is 27.7 Å². The van der Waals surface area contributed by atoms with Crippen LogP contribution in [0.4, 0.5) is 0 Å². The number of carboxylic acids is 2. The molecule has 3 atom stereocenters. The summed E-state index contributed by atoms with van der Waals surface area (Å²) < 4.78 is 0. The van der Waals surface area contributed by atoms with E-state index in [-0.39, 0.29) is 12.8 Å². The first kappa shape index (κ1) is 22.2. The highest BCUT2D eigenvalue weighted by atomic mass is 16.4. The van der Waals surface area contributed by atoms with Crippen molar-refractivity contribution in [2.24, 2.45) is 29.0 Å². The average molecular weight is 345 g/mol. The lowest BCUT2D eigenvalue weighted by atomic mass is 9.78. The molecule has 0 aromatic rings. The molecule has 0 aliphatic rings. The molecule has 0 radical (unpaired) electrons. The predicted octanol–water partition coefficient (Wildman–Crippen LogP) is -0.892. The minimum Gasteiger partial charge on any atom is -0.480 e. The van der Waals surface area contributed by atoms with Crippen molar-refractivity contribution in [1.82, 2.24) is 0 Å². The number of carbonyl (C=O) groups excluding carboxylic acids is 2. The lowest BCUT2D eigenvalue weighted by Gasteiger charge is -2.30. The third-order valence-corrected chi connectivity index (χ3v) is 4.42. The fourth-order valence-electron chi connectivity index (χ4n) is 2.26. The van der Waals surface area contributed by atoms with Crippen LogP contribution < -0.4 is 17.2 Å². The lowest BCUT2D eigenvalue weighted by molar-refractivity contribution is -0.151. The Hall–Kier alpha value is -1.84. The number of hydrogen-bond donors (Lipinski definition) is 5. The molecule has 0 saturated heterocycles. The standard InChI is InChI=1S/C15H27N3O6/c1-7(2)14(17,12(21)22)10(19)6-5-9(16)11(20)15(18,8(3)4)13(23)24/h7-9H,5-6,16-18H2,1-4H3,(H,21,22)(H,23,24). The van der Waals surface area contributed by atoms with Gasteiger partial charge in [-0.05, 0) is 18.3 Å². The van der Waals surface area contributed by atoms with Gasteiger partial charge in [0.2, 0.25) is 0 Å². The van der Waals surface area contributed by atoms with Gasteiger partial charge in [-0.15, -0.1) is 0 Å². The molecule has 9 heteroatoms. The molecular weight excluding hydrogens is 318 g/mol. The molecule has 8 N–H and O–H groups in total. The highest BCUT2D eigenvalue weighted by Crippen LogP contribution is 2.21. The lowest BCUT2D eigenvalue weighted by Crippen LogP contribution is -2.63. The van der Waals surface area contributed by atoms with Crippen molar-refractivity contribution < 1.29 is 29.4 Å². The van der Waals surface area contributed by atoms with Crippen LogP contribution in [-0.2, 0) is 19.2 Å². The van der Waals surface area contributed by atoms with Gasteiger partial charge >= 0.3 is 11.9 Å². The maximum Gasteiger partial charge on any atom is 0.331 e. The van der Waals surface area contributed by atoms with Crippen LogP contribution in [0.1, 0.15) is 40.5 Å². The smallest absolute Gasteiger partial charge is 0.331 e. The van der Waals surface area contributed by atoms with Gasteiger partial charge in [0.1, 0.15) is 0 Å². The highest BCUT2D eigenvalue weighted by molar-refractivity contribution is 6.11. The van der Waals surface area contributed by atoms with Gasteiger partial charge in [-0.3, -0.25) is 9.59 Å². The fraction of sp³-hybridized carbons (Fsp3) is 0.733. The van der Waals surface area contributed by atoms with Crippen molar-refractivity contribution in [2.75, 3.05) is 0 Å². The summed E-state index contributed by atoms with van der Waals surface area (Å²) in [7, 11) is 0. The maximum atomic E-state index is 12.3. The summed E-state index contributed by atoms with van der Waals surface area (Å²) in [5.41, 5.74) is 12.8. The van der Waals surface area contributed by atoms with E-state index in [0.717, 1.165) is 0 Å².